The maximum atomic E-state index is 11.2. The number of phenols is 1. The third-order valence-electron chi connectivity index (χ3n) is 2.04. The second kappa shape index (κ2) is 5.56. The van der Waals surface area contributed by atoms with Gasteiger partial charge in [0.15, 0.2) is 11.5 Å². The fraction of sp³-hybridized carbons (Fsp3) is 0.167. The van der Waals surface area contributed by atoms with Gasteiger partial charge in [-0.05, 0) is 23.8 Å². The van der Waals surface area contributed by atoms with E-state index in [1.807, 2.05) is 0 Å². The second-order valence-corrected chi connectivity index (χ2v) is 3.09. The second-order valence-electron chi connectivity index (χ2n) is 3.09. The van der Waals surface area contributed by atoms with Crippen LogP contribution in [0, 0.1) is 11.3 Å². The number of methoxy groups -OCH3 is 2. The summed E-state index contributed by atoms with van der Waals surface area (Å²) >= 11 is 0. The maximum absolute atomic E-state index is 11.2. The van der Waals surface area contributed by atoms with Crippen molar-refractivity contribution in [2.75, 3.05) is 14.2 Å². The zero-order chi connectivity index (χ0) is 12.8. The Balaban J connectivity index is 3.13. The molecule has 0 saturated heterocycles. The molecular formula is C12H11NO4. The molecule has 17 heavy (non-hydrogen) atoms. The molecule has 1 aromatic carbocycles. The van der Waals surface area contributed by atoms with Crippen LogP contribution in [0.15, 0.2) is 23.8 Å². The summed E-state index contributed by atoms with van der Waals surface area (Å²) in [5.41, 5.74) is 0.432. The molecule has 0 fully saturated rings. The minimum absolute atomic E-state index is 0.0128. The Bertz CT molecular complexity index is 500. The Labute approximate surface area is 98.5 Å². The molecule has 0 atom stereocenters. The number of hydrogen-bond donors (Lipinski definition) is 1. The van der Waals surface area contributed by atoms with Gasteiger partial charge in [-0.3, -0.25) is 0 Å². The lowest BCUT2D eigenvalue weighted by Crippen LogP contribution is -2.02. The van der Waals surface area contributed by atoms with E-state index in [4.69, 9.17) is 10.00 Å². The minimum Gasteiger partial charge on any atom is -0.504 e. The van der Waals surface area contributed by atoms with E-state index in [1.165, 1.54) is 32.4 Å². The number of carbonyl (C=O) groups is 1. The van der Waals surface area contributed by atoms with Gasteiger partial charge < -0.3 is 14.6 Å². The van der Waals surface area contributed by atoms with Gasteiger partial charge in [0.1, 0.15) is 11.6 Å². The molecule has 1 N–H and O–H groups in total. The van der Waals surface area contributed by atoms with E-state index in [-0.39, 0.29) is 17.1 Å². The SMILES string of the molecule is COC(=O)/C(C#N)=C/c1ccc(O)c(OC)c1. The molecule has 0 spiro atoms. The molecule has 0 aliphatic carbocycles. The van der Waals surface area contributed by atoms with Gasteiger partial charge in [0.2, 0.25) is 0 Å². The van der Waals surface area contributed by atoms with Gasteiger partial charge in [0.25, 0.3) is 0 Å². The van der Waals surface area contributed by atoms with Crippen LogP contribution in [0.1, 0.15) is 5.56 Å². The van der Waals surface area contributed by atoms with Gasteiger partial charge >= 0.3 is 5.97 Å². The number of rotatable bonds is 3. The average Bonchev–Trinajstić information content (AvgIpc) is 2.36. The number of esters is 1. The highest BCUT2D eigenvalue weighted by Crippen LogP contribution is 2.27. The first-order chi connectivity index (χ1) is 8.12. The third kappa shape index (κ3) is 2.98. The summed E-state index contributed by atoms with van der Waals surface area (Å²) in [6.45, 7) is 0. The lowest BCUT2D eigenvalue weighted by molar-refractivity contribution is -0.135. The third-order valence-corrected chi connectivity index (χ3v) is 2.04. The van der Waals surface area contributed by atoms with E-state index < -0.39 is 5.97 Å². The minimum atomic E-state index is -0.709. The number of nitriles is 1. The Morgan fingerprint density at radius 2 is 2.18 bits per heavy atom. The molecule has 0 unspecified atom stereocenters. The number of benzene rings is 1. The maximum Gasteiger partial charge on any atom is 0.348 e. The van der Waals surface area contributed by atoms with Crippen LogP contribution in [0.3, 0.4) is 0 Å². The van der Waals surface area contributed by atoms with Crippen molar-refractivity contribution in [1.29, 1.82) is 5.26 Å². The van der Waals surface area contributed by atoms with E-state index in [1.54, 1.807) is 12.1 Å². The molecule has 0 amide bonds. The van der Waals surface area contributed by atoms with Crippen molar-refractivity contribution in [3.8, 4) is 17.6 Å². The highest BCUT2D eigenvalue weighted by molar-refractivity contribution is 5.97. The van der Waals surface area contributed by atoms with Crippen LogP contribution in [-0.4, -0.2) is 25.3 Å². The smallest absolute Gasteiger partial charge is 0.348 e. The normalized spacial score (nSPS) is 10.5. The summed E-state index contributed by atoms with van der Waals surface area (Å²) < 4.78 is 9.35. The first kappa shape index (κ1) is 12.6. The number of hydrogen-bond acceptors (Lipinski definition) is 5. The Kier molecular flexibility index (Phi) is 4.12. The highest BCUT2D eigenvalue weighted by Gasteiger charge is 2.09. The summed E-state index contributed by atoms with van der Waals surface area (Å²) in [6, 6.07) is 6.21. The molecule has 0 bridgehead atoms. The van der Waals surface area contributed by atoms with E-state index >= 15 is 0 Å². The molecule has 0 saturated carbocycles. The fourth-order valence-corrected chi connectivity index (χ4v) is 1.20. The molecule has 0 aromatic heterocycles. The first-order valence-corrected chi connectivity index (χ1v) is 4.69. The van der Waals surface area contributed by atoms with Crippen LogP contribution in [0.25, 0.3) is 6.08 Å². The van der Waals surface area contributed by atoms with E-state index in [9.17, 15) is 9.90 Å². The molecule has 0 aliphatic heterocycles. The summed E-state index contributed by atoms with van der Waals surface area (Å²) in [5, 5.41) is 18.1. The van der Waals surface area contributed by atoms with Crippen LogP contribution in [0.4, 0.5) is 0 Å². The number of ether oxygens (including phenoxy) is 2. The van der Waals surface area contributed by atoms with E-state index in [0.29, 0.717) is 5.56 Å². The van der Waals surface area contributed by atoms with Gasteiger partial charge in [-0.2, -0.15) is 5.26 Å². The van der Waals surface area contributed by atoms with Crippen molar-refractivity contribution in [3.05, 3.63) is 29.3 Å². The molecule has 0 radical (unpaired) electrons. The predicted molar refractivity (Wildman–Crippen MR) is 60.3 cm³/mol. The summed E-state index contributed by atoms with van der Waals surface area (Å²) in [5.74, 6) is -0.457. The van der Waals surface area contributed by atoms with Crippen molar-refractivity contribution in [1.82, 2.24) is 0 Å². The van der Waals surface area contributed by atoms with Crippen molar-refractivity contribution in [2.45, 2.75) is 0 Å². The highest BCUT2D eigenvalue weighted by atomic mass is 16.5. The van der Waals surface area contributed by atoms with Crippen LogP contribution >= 0.6 is 0 Å². The molecule has 88 valence electrons. The Morgan fingerprint density at radius 3 is 2.71 bits per heavy atom. The summed E-state index contributed by atoms with van der Waals surface area (Å²) in [4.78, 5) is 11.2. The van der Waals surface area contributed by atoms with E-state index in [2.05, 4.69) is 4.74 Å². The Morgan fingerprint density at radius 1 is 1.47 bits per heavy atom. The van der Waals surface area contributed by atoms with Crippen molar-refractivity contribution < 1.29 is 19.4 Å². The van der Waals surface area contributed by atoms with Crippen LogP contribution < -0.4 is 4.74 Å². The zero-order valence-electron chi connectivity index (χ0n) is 9.43. The van der Waals surface area contributed by atoms with Crippen LogP contribution in [0.5, 0.6) is 11.5 Å². The molecule has 5 heteroatoms. The van der Waals surface area contributed by atoms with Gasteiger partial charge in [-0.15, -0.1) is 0 Å². The summed E-state index contributed by atoms with van der Waals surface area (Å²) in [6.07, 6.45) is 1.35. The largest absolute Gasteiger partial charge is 0.504 e. The monoisotopic (exact) mass is 233 g/mol. The number of aromatic hydroxyl groups is 1. The Hall–Kier alpha value is -2.48. The number of carbonyl (C=O) groups excluding carboxylic acids is 1. The predicted octanol–water partition coefficient (Wildman–Crippen LogP) is 1.48. The fourth-order valence-electron chi connectivity index (χ4n) is 1.20. The first-order valence-electron chi connectivity index (χ1n) is 4.69. The van der Waals surface area contributed by atoms with Gasteiger partial charge in [-0.25, -0.2) is 4.79 Å². The lowest BCUT2D eigenvalue weighted by Gasteiger charge is -2.04. The number of phenolic OH excluding ortho intramolecular Hbond substituents is 1. The molecule has 0 heterocycles. The van der Waals surface area contributed by atoms with Gasteiger partial charge in [0.05, 0.1) is 14.2 Å². The van der Waals surface area contributed by atoms with Crippen molar-refractivity contribution in [2.24, 2.45) is 0 Å². The van der Waals surface area contributed by atoms with Crippen molar-refractivity contribution >= 4 is 12.0 Å². The quantitative estimate of drug-likeness (QED) is 0.486. The lowest BCUT2D eigenvalue weighted by atomic mass is 10.1. The molecule has 5 nitrogen and oxygen atoms in total. The average molecular weight is 233 g/mol. The van der Waals surface area contributed by atoms with Crippen LogP contribution in [-0.2, 0) is 9.53 Å². The molecule has 1 aromatic rings. The number of nitrogens with zero attached hydrogens (tertiary/aromatic N) is 1. The molecule has 1 rings (SSSR count). The van der Waals surface area contributed by atoms with Crippen LogP contribution in [0.2, 0.25) is 0 Å². The van der Waals surface area contributed by atoms with Gasteiger partial charge in [-0.1, -0.05) is 6.07 Å². The topological polar surface area (TPSA) is 79.6 Å². The zero-order valence-corrected chi connectivity index (χ0v) is 9.43. The standard InChI is InChI=1S/C12H11NO4/c1-16-11-6-8(3-4-10(11)14)5-9(7-13)12(15)17-2/h3-6,14H,1-2H3/b9-5+. The van der Waals surface area contributed by atoms with Crippen molar-refractivity contribution in [3.63, 3.8) is 0 Å². The molecule has 0 aliphatic rings. The van der Waals surface area contributed by atoms with E-state index in [0.717, 1.165) is 0 Å². The van der Waals surface area contributed by atoms with Gasteiger partial charge in [0, 0.05) is 0 Å². The summed E-state index contributed by atoms with van der Waals surface area (Å²) in [7, 11) is 2.61. The molecular weight excluding hydrogens is 222 g/mol.